The zero-order valence-electron chi connectivity index (χ0n) is 17.7. The van der Waals surface area contributed by atoms with E-state index in [1.807, 2.05) is 69.3 Å². The van der Waals surface area contributed by atoms with Crippen LogP contribution in [-0.2, 0) is 6.54 Å². The van der Waals surface area contributed by atoms with Gasteiger partial charge in [-0.2, -0.15) is 4.98 Å². The molecule has 2 aromatic carbocycles. The molecule has 0 N–H and O–H groups in total. The summed E-state index contributed by atoms with van der Waals surface area (Å²) in [5.74, 6) is 2.13. The van der Waals surface area contributed by atoms with E-state index in [1.165, 1.54) is 0 Å². The van der Waals surface area contributed by atoms with E-state index in [0.29, 0.717) is 29.8 Å². The number of nitrogens with zero attached hydrogens (tertiary/aromatic N) is 6. The molecule has 5 aromatic rings. The fourth-order valence-electron chi connectivity index (χ4n) is 3.40. The van der Waals surface area contributed by atoms with E-state index in [2.05, 4.69) is 41.4 Å². The summed E-state index contributed by atoms with van der Waals surface area (Å²) in [7, 11) is 0. The third-order valence-electron chi connectivity index (χ3n) is 5.18. The van der Waals surface area contributed by atoms with E-state index in [-0.39, 0.29) is 0 Å². The van der Waals surface area contributed by atoms with Crippen LogP contribution in [0.15, 0.2) is 61.9 Å². The van der Waals surface area contributed by atoms with Gasteiger partial charge in [-0.15, -0.1) is 5.10 Å². The molecule has 0 aliphatic carbocycles. The summed E-state index contributed by atoms with van der Waals surface area (Å²) >= 11 is 3.51. The van der Waals surface area contributed by atoms with Gasteiger partial charge < -0.3 is 8.94 Å². The molecule has 0 amide bonds. The Kier molecular flexibility index (Phi) is 5.18. The maximum absolute atomic E-state index is 5.90. The van der Waals surface area contributed by atoms with E-state index in [0.717, 1.165) is 38.3 Å². The van der Waals surface area contributed by atoms with Gasteiger partial charge in [-0.05, 0) is 45.0 Å². The Balaban J connectivity index is 1.42. The molecule has 9 heteroatoms. The molecular formula is C23H19BrN6O2. The van der Waals surface area contributed by atoms with Crippen molar-refractivity contribution in [3.05, 3.63) is 75.7 Å². The first-order valence-electron chi connectivity index (χ1n) is 10.0. The topological polar surface area (TPSA) is 95.7 Å². The summed E-state index contributed by atoms with van der Waals surface area (Å²) in [4.78, 5) is 9.19. The van der Waals surface area contributed by atoms with E-state index in [9.17, 15) is 0 Å². The molecule has 0 aliphatic heterocycles. The van der Waals surface area contributed by atoms with Gasteiger partial charge in [0.2, 0.25) is 11.7 Å². The number of rotatable bonds is 5. The second-order valence-corrected chi connectivity index (χ2v) is 8.33. The lowest BCUT2D eigenvalue weighted by Gasteiger charge is -2.00. The molecular weight excluding hydrogens is 472 g/mol. The molecule has 0 radical (unpaired) electrons. The van der Waals surface area contributed by atoms with Crippen molar-refractivity contribution in [2.75, 3.05) is 0 Å². The van der Waals surface area contributed by atoms with E-state index in [1.54, 1.807) is 4.68 Å². The monoisotopic (exact) mass is 490 g/mol. The van der Waals surface area contributed by atoms with Crippen LogP contribution in [0.5, 0.6) is 0 Å². The molecule has 0 bridgehead atoms. The van der Waals surface area contributed by atoms with Crippen molar-refractivity contribution in [2.24, 2.45) is 0 Å². The minimum absolute atomic E-state index is 0.317. The number of oxazole rings is 1. The lowest BCUT2D eigenvalue weighted by molar-refractivity contribution is 0.430. The first kappa shape index (κ1) is 20.3. The lowest BCUT2D eigenvalue weighted by Crippen LogP contribution is -2.05. The van der Waals surface area contributed by atoms with Crippen molar-refractivity contribution in [2.45, 2.75) is 27.3 Å². The Morgan fingerprint density at radius 1 is 0.969 bits per heavy atom. The summed E-state index contributed by atoms with van der Waals surface area (Å²) in [5.41, 5.74) is 5.07. The fourth-order valence-corrected chi connectivity index (χ4v) is 3.86. The highest BCUT2D eigenvalue weighted by atomic mass is 79.9. The third-order valence-corrected chi connectivity index (χ3v) is 5.87. The molecule has 32 heavy (non-hydrogen) atoms. The molecule has 5 rings (SSSR count). The molecule has 0 saturated heterocycles. The minimum Gasteiger partial charge on any atom is -0.441 e. The van der Waals surface area contributed by atoms with Crippen LogP contribution in [0.25, 0.3) is 34.4 Å². The van der Waals surface area contributed by atoms with Crippen LogP contribution >= 0.6 is 15.9 Å². The molecule has 160 valence electrons. The predicted molar refractivity (Wildman–Crippen MR) is 122 cm³/mol. The highest BCUT2D eigenvalue weighted by Crippen LogP contribution is 2.29. The maximum atomic E-state index is 5.90. The molecule has 0 aliphatic rings. The van der Waals surface area contributed by atoms with Crippen LogP contribution in [0.1, 0.15) is 22.7 Å². The normalized spacial score (nSPS) is 11.2. The number of aromatic nitrogens is 6. The quantitative estimate of drug-likeness (QED) is 0.326. The number of halogens is 1. The standard InChI is InChI=1S/C23H19BrN6O2/c1-13-7-6-8-16(11-13)22-25-19(15(3)31-22)12-30-14(2)20(27-29-30)23-26-21(28-32-23)17-9-4-5-10-18(17)24/h4-11H,12H2,1-3H3. The van der Waals surface area contributed by atoms with Gasteiger partial charge in [-0.25, -0.2) is 9.67 Å². The van der Waals surface area contributed by atoms with Crippen molar-refractivity contribution in [1.82, 2.24) is 30.1 Å². The highest BCUT2D eigenvalue weighted by molar-refractivity contribution is 9.10. The zero-order chi connectivity index (χ0) is 22.2. The summed E-state index contributed by atoms with van der Waals surface area (Å²) in [6, 6.07) is 15.8. The van der Waals surface area contributed by atoms with Gasteiger partial charge in [0.1, 0.15) is 11.5 Å². The summed E-state index contributed by atoms with van der Waals surface area (Å²) < 4.78 is 14.0. The molecule has 0 spiro atoms. The molecule has 0 saturated carbocycles. The molecule has 3 heterocycles. The first-order valence-corrected chi connectivity index (χ1v) is 10.8. The third kappa shape index (κ3) is 3.75. The average Bonchev–Trinajstić information content (AvgIpc) is 3.49. The Morgan fingerprint density at radius 2 is 1.81 bits per heavy atom. The van der Waals surface area contributed by atoms with Crippen LogP contribution in [0.2, 0.25) is 0 Å². The summed E-state index contributed by atoms with van der Waals surface area (Å²) in [5, 5.41) is 12.6. The van der Waals surface area contributed by atoms with Gasteiger partial charge in [0, 0.05) is 15.6 Å². The average molecular weight is 491 g/mol. The summed E-state index contributed by atoms with van der Waals surface area (Å²) in [6.45, 7) is 6.27. The van der Waals surface area contributed by atoms with E-state index >= 15 is 0 Å². The van der Waals surface area contributed by atoms with Crippen LogP contribution in [0.3, 0.4) is 0 Å². The summed E-state index contributed by atoms with van der Waals surface area (Å²) in [6.07, 6.45) is 0. The number of hydrogen-bond acceptors (Lipinski definition) is 7. The SMILES string of the molecule is Cc1cccc(-c2nc(Cn3nnc(-c4nc(-c5ccccc5Br)no4)c3C)c(C)o2)c1. The molecule has 8 nitrogen and oxygen atoms in total. The van der Waals surface area contributed by atoms with Crippen LogP contribution < -0.4 is 0 Å². The Hall–Kier alpha value is -3.59. The number of hydrogen-bond donors (Lipinski definition) is 0. The molecule has 0 unspecified atom stereocenters. The molecule has 3 aromatic heterocycles. The van der Waals surface area contributed by atoms with Crippen molar-refractivity contribution in [3.63, 3.8) is 0 Å². The van der Waals surface area contributed by atoms with Crippen molar-refractivity contribution in [1.29, 1.82) is 0 Å². The van der Waals surface area contributed by atoms with Gasteiger partial charge in [-0.1, -0.05) is 56.1 Å². The van der Waals surface area contributed by atoms with Gasteiger partial charge in [-0.3, -0.25) is 0 Å². The Morgan fingerprint density at radius 3 is 2.62 bits per heavy atom. The van der Waals surface area contributed by atoms with Crippen molar-refractivity contribution in [3.8, 4) is 34.4 Å². The van der Waals surface area contributed by atoms with E-state index in [4.69, 9.17) is 8.94 Å². The van der Waals surface area contributed by atoms with Gasteiger partial charge in [0.25, 0.3) is 5.89 Å². The predicted octanol–water partition coefficient (Wildman–Crippen LogP) is 5.39. The van der Waals surface area contributed by atoms with Gasteiger partial charge in [0.15, 0.2) is 5.69 Å². The Labute approximate surface area is 192 Å². The van der Waals surface area contributed by atoms with Crippen LogP contribution in [0, 0.1) is 20.8 Å². The largest absolute Gasteiger partial charge is 0.441 e. The van der Waals surface area contributed by atoms with Crippen molar-refractivity contribution >= 4 is 15.9 Å². The Bertz CT molecular complexity index is 1420. The zero-order valence-corrected chi connectivity index (χ0v) is 19.3. The van der Waals surface area contributed by atoms with Gasteiger partial charge in [0.05, 0.1) is 12.2 Å². The molecule has 0 atom stereocenters. The van der Waals surface area contributed by atoms with E-state index < -0.39 is 0 Å². The minimum atomic E-state index is 0.317. The fraction of sp³-hybridized carbons (Fsp3) is 0.174. The maximum Gasteiger partial charge on any atom is 0.280 e. The smallest absolute Gasteiger partial charge is 0.280 e. The number of benzene rings is 2. The molecule has 0 fully saturated rings. The van der Waals surface area contributed by atoms with Crippen LogP contribution in [0.4, 0.5) is 0 Å². The van der Waals surface area contributed by atoms with Crippen molar-refractivity contribution < 1.29 is 8.94 Å². The van der Waals surface area contributed by atoms with Gasteiger partial charge >= 0.3 is 0 Å². The highest BCUT2D eigenvalue weighted by Gasteiger charge is 2.20. The lowest BCUT2D eigenvalue weighted by atomic mass is 10.1. The first-order chi connectivity index (χ1) is 15.5. The number of aryl methyl sites for hydroxylation is 2. The second kappa shape index (κ2) is 8.16. The second-order valence-electron chi connectivity index (χ2n) is 7.48. The van der Waals surface area contributed by atoms with Crippen LogP contribution in [-0.4, -0.2) is 30.1 Å².